The summed E-state index contributed by atoms with van der Waals surface area (Å²) in [6.45, 7) is 0.377. The van der Waals surface area contributed by atoms with Gasteiger partial charge in [-0.05, 0) is 17.7 Å². The molecule has 0 saturated carbocycles. The van der Waals surface area contributed by atoms with Crippen molar-refractivity contribution in [1.29, 1.82) is 0 Å². The second-order valence-electron chi connectivity index (χ2n) is 4.73. The van der Waals surface area contributed by atoms with Crippen LogP contribution < -0.4 is 10.1 Å². The number of nitrogens with one attached hydrogen (secondary N) is 1. The Balaban J connectivity index is 1.62. The van der Waals surface area contributed by atoms with Gasteiger partial charge in [-0.1, -0.05) is 0 Å². The van der Waals surface area contributed by atoms with Gasteiger partial charge in [0.15, 0.2) is 0 Å². The van der Waals surface area contributed by atoms with Gasteiger partial charge in [0.1, 0.15) is 5.70 Å². The number of pyridine rings is 1. The van der Waals surface area contributed by atoms with Crippen molar-refractivity contribution in [3.8, 4) is 5.88 Å². The van der Waals surface area contributed by atoms with E-state index in [2.05, 4.69) is 20.3 Å². The van der Waals surface area contributed by atoms with Gasteiger partial charge in [0.2, 0.25) is 5.88 Å². The number of fused-ring (bicyclic) bond motifs is 1. The average Bonchev–Trinajstić information content (AvgIpc) is 2.59. The van der Waals surface area contributed by atoms with E-state index in [1.807, 2.05) is 17.0 Å². The average molecular weight is 297 g/mol. The molecular weight excluding hydrogens is 282 g/mol. The molecule has 0 radical (unpaired) electrons. The van der Waals surface area contributed by atoms with Crippen LogP contribution in [0.15, 0.2) is 52.5 Å². The SMILES string of the molecule is COc1cc(CNC(=O)C2=CN3C=NC=CC3C=N2)ccn1. The number of aliphatic imine (C=N–C) groups is 2. The van der Waals surface area contributed by atoms with Crippen molar-refractivity contribution in [1.82, 2.24) is 15.2 Å². The molecule has 0 spiro atoms. The molecule has 1 unspecified atom stereocenters. The molecule has 1 amide bonds. The molecule has 0 fully saturated rings. The zero-order valence-corrected chi connectivity index (χ0v) is 12.0. The first-order chi connectivity index (χ1) is 10.8. The van der Waals surface area contributed by atoms with E-state index in [1.165, 1.54) is 0 Å². The standard InChI is InChI=1S/C15H15N5O2/c1-22-14-6-11(2-5-17-14)7-19-15(21)13-9-20-10-16-4-3-12(20)8-18-13/h2-6,8-10,12H,7H2,1H3,(H,19,21). The van der Waals surface area contributed by atoms with Crippen molar-refractivity contribution in [2.45, 2.75) is 12.6 Å². The number of nitrogens with zero attached hydrogens (tertiary/aromatic N) is 4. The van der Waals surface area contributed by atoms with E-state index in [9.17, 15) is 4.79 Å². The highest BCUT2D eigenvalue weighted by atomic mass is 16.5. The number of methoxy groups -OCH3 is 1. The molecule has 7 nitrogen and oxygen atoms in total. The van der Waals surface area contributed by atoms with Crippen molar-refractivity contribution in [2.75, 3.05) is 7.11 Å². The highest BCUT2D eigenvalue weighted by Gasteiger charge is 2.19. The predicted molar refractivity (Wildman–Crippen MR) is 82.5 cm³/mol. The van der Waals surface area contributed by atoms with Crippen molar-refractivity contribution >= 4 is 18.5 Å². The van der Waals surface area contributed by atoms with Gasteiger partial charge < -0.3 is 15.0 Å². The summed E-state index contributed by atoms with van der Waals surface area (Å²) < 4.78 is 5.05. The zero-order valence-electron chi connectivity index (χ0n) is 12.0. The summed E-state index contributed by atoms with van der Waals surface area (Å²) in [5.41, 5.74) is 1.25. The summed E-state index contributed by atoms with van der Waals surface area (Å²) in [6.07, 6.45) is 10.3. The number of rotatable bonds is 4. The Kier molecular flexibility index (Phi) is 3.95. The molecule has 22 heavy (non-hydrogen) atoms. The van der Waals surface area contributed by atoms with Crippen LogP contribution in [0, 0.1) is 0 Å². The summed E-state index contributed by atoms with van der Waals surface area (Å²) in [4.78, 5) is 26.2. The van der Waals surface area contributed by atoms with Crippen LogP contribution >= 0.6 is 0 Å². The normalized spacial score (nSPS) is 18.7. The second kappa shape index (κ2) is 6.21. The molecule has 1 N–H and O–H groups in total. The lowest BCUT2D eigenvalue weighted by Gasteiger charge is -2.26. The van der Waals surface area contributed by atoms with E-state index in [0.29, 0.717) is 18.1 Å². The lowest BCUT2D eigenvalue weighted by molar-refractivity contribution is -0.117. The molecule has 1 aromatic rings. The van der Waals surface area contributed by atoms with E-state index < -0.39 is 0 Å². The summed E-state index contributed by atoms with van der Waals surface area (Å²) in [5, 5.41) is 2.82. The third-order valence-electron chi connectivity index (χ3n) is 3.25. The van der Waals surface area contributed by atoms with E-state index in [1.54, 1.807) is 44.3 Å². The fourth-order valence-corrected chi connectivity index (χ4v) is 2.07. The van der Waals surface area contributed by atoms with Crippen LogP contribution in [0.5, 0.6) is 5.88 Å². The Bertz CT molecular complexity index is 693. The highest BCUT2D eigenvalue weighted by Crippen LogP contribution is 2.13. The van der Waals surface area contributed by atoms with Crippen LogP contribution in [0.25, 0.3) is 0 Å². The summed E-state index contributed by atoms with van der Waals surface area (Å²) in [5.74, 6) is 0.272. The topological polar surface area (TPSA) is 79.2 Å². The van der Waals surface area contributed by atoms with Crippen LogP contribution in [0.3, 0.4) is 0 Å². The number of carbonyl (C=O) groups excluding carboxylic acids is 1. The minimum absolute atomic E-state index is 0.0264. The molecule has 1 aromatic heterocycles. The van der Waals surface area contributed by atoms with Crippen molar-refractivity contribution in [2.24, 2.45) is 9.98 Å². The largest absolute Gasteiger partial charge is 0.481 e. The zero-order chi connectivity index (χ0) is 15.4. The van der Waals surface area contributed by atoms with Crippen molar-refractivity contribution in [3.05, 3.63) is 48.1 Å². The molecule has 0 saturated heterocycles. The van der Waals surface area contributed by atoms with Gasteiger partial charge in [-0.25, -0.2) is 9.98 Å². The van der Waals surface area contributed by atoms with Crippen molar-refractivity contribution in [3.63, 3.8) is 0 Å². The van der Waals surface area contributed by atoms with Gasteiger partial charge in [0, 0.05) is 37.4 Å². The molecule has 2 aliphatic rings. The first kappa shape index (κ1) is 14.0. The van der Waals surface area contributed by atoms with Gasteiger partial charge in [-0.2, -0.15) is 0 Å². The first-order valence-corrected chi connectivity index (χ1v) is 6.77. The molecule has 7 heteroatoms. The molecule has 1 atom stereocenters. The van der Waals surface area contributed by atoms with Crippen LogP contribution in [0.4, 0.5) is 0 Å². The van der Waals surface area contributed by atoms with Crippen LogP contribution in [0.1, 0.15) is 5.56 Å². The third-order valence-corrected chi connectivity index (χ3v) is 3.25. The Morgan fingerprint density at radius 1 is 1.50 bits per heavy atom. The Hall–Kier alpha value is -2.96. The summed E-state index contributed by atoms with van der Waals surface area (Å²) in [6, 6.07) is 3.62. The fourth-order valence-electron chi connectivity index (χ4n) is 2.07. The smallest absolute Gasteiger partial charge is 0.271 e. The van der Waals surface area contributed by atoms with Crippen LogP contribution in [-0.2, 0) is 11.3 Å². The van der Waals surface area contributed by atoms with E-state index in [-0.39, 0.29) is 11.9 Å². The molecule has 2 aliphatic heterocycles. The minimum atomic E-state index is -0.242. The molecule has 112 valence electrons. The second-order valence-corrected chi connectivity index (χ2v) is 4.73. The van der Waals surface area contributed by atoms with E-state index >= 15 is 0 Å². The molecule has 0 aromatic carbocycles. The van der Waals surface area contributed by atoms with Gasteiger partial charge in [0.25, 0.3) is 5.91 Å². The Morgan fingerprint density at radius 3 is 3.27 bits per heavy atom. The Labute approximate surface area is 127 Å². The fraction of sp³-hybridized carbons (Fsp3) is 0.200. The Morgan fingerprint density at radius 2 is 2.41 bits per heavy atom. The molecular formula is C15H15N5O2. The first-order valence-electron chi connectivity index (χ1n) is 6.77. The number of aromatic nitrogens is 1. The maximum Gasteiger partial charge on any atom is 0.271 e. The van der Waals surface area contributed by atoms with E-state index in [0.717, 1.165) is 5.56 Å². The van der Waals surface area contributed by atoms with Crippen molar-refractivity contribution < 1.29 is 9.53 Å². The molecule has 0 aliphatic carbocycles. The number of amides is 1. The van der Waals surface area contributed by atoms with Gasteiger partial charge in [0.05, 0.1) is 19.5 Å². The number of carbonyl (C=O) groups is 1. The number of hydrogen-bond donors (Lipinski definition) is 1. The quantitative estimate of drug-likeness (QED) is 0.894. The minimum Gasteiger partial charge on any atom is -0.481 e. The lowest BCUT2D eigenvalue weighted by atomic mass is 10.2. The monoisotopic (exact) mass is 297 g/mol. The summed E-state index contributed by atoms with van der Waals surface area (Å²) >= 11 is 0. The van der Waals surface area contributed by atoms with Gasteiger partial charge in [-0.15, -0.1) is 0 Å². The molecule has 3 rings (SSSR count). The lowest BCUT2D eigenvalue weighted by Crippen LogP contribution is -2.36. The maximum absolute atomic E-state index is 12.2. The van der Waals surface area contributed by atoms with E-state index in [4.69, 9.17) is 4.74 Å². The van der Waals surface area contributed by atoms with Crippen LogP contribution in [-0.4, -0.2) is 41.5 Å². The predicted octanol–water partition coefficient (Wildman–Crippen LogP) is 0.858. The maximum atomic E-state index is 12.2. The van der Waals surface area contributed by atoms with Crippen LogP contribution in [0.2, 0.25) is 0 Å². The number of ether oxygens (including phenoxy) is 1. The van der Waals surface area contributed by atoms with Gasteiger partial charge in [-0.3, -0.25) is 9.79 Å². The van der Waals surface area contributed by atoms with Gasteiger partial charge >= 0.3 is 0 Å². The molecule has 3 heterocycles. The third kappa shape index (κ3) is 3.03. The highest BCUT2D eigenvalue weighted by molar-refractivity contribution is 5.96. The number of hydrogen-bond acceptors (Lipinski definition) is 6. The summed E-state index contributed by atoms with van der Waals surface area (Å²) in [7, 11) is 1.55. The molecule has 0 bridgehead atoms.